The largest absolute Gasteiger partial charge is 0.415 e. The number of aromatic nitrogens is 2. The molecular weight excluding hydrogens is 342 g/mol. The number of halogens is 1. The highest BCUT2D eigenvalue weighted by molar-refractivity contribution is 6.50. The van der Waals surface area contributed by atoms with Crippen LogP contribution in [0.3, 0.4) is 0 Å². The van der Waals surface area contributed by atoms with Crippen LogP contribution >= 0.6 is 11.6 Å². The van der Waals surface area contributed by atoms with Gasteiger partial charge in [-0.3, -0.25) is 10.1 Å². The van der Waals surface area contributed by atoms with E-state index in [2.05, 4.69) is 17.1 Å². The molecule has 0 bridgehead atoms. The third-order valence-electron chi connectivity index (χ3n) is 3.61. The van der Waals surface area contributed by atoms with Crippen LogP contribution in [0.25, 0.3) is 22.6 Å². The molecule has 25 heavy (non-hydrogen) atoms. The number of benzene rings is 2. The molecule has 0 saturated carbocycles. The maximum atomic E-state index is 10.9. The normalized spacial score (nSPS) is 11.5. The second kappa shape index (κ2) is 7.27. The lowest BCUT2D eigenvalue weighted by atomic mass is 10.1. The predicted molar refractivity (Wildman–Crippen MR) is 95.9 cm³/mol. The fraction of sp³-hybridized carbons (Fsp3) is 0.111. The lowest BCUT2D eigenvalue weighted by molar-refractivity contribution is -0.384. The first-order valence-electron chi connectivity index (χ1n) is 7.61. The van der Waals surface area contributed by atoms with Gasteiger partial charge in [-0.1, -0.05) is 48.9 Å². The second-order valence-electron chi connectivity index (χ2n) is 5.31. The van der Waals surface area contributed by atoms with Gasteiger partial charge in [0.1, 0.15) is 5.03 Å². The lowest BCUT2D eigenvalue weighted by Crippen LogP contribution is -1.88. The number of nitro benzene ring substituents is 1. The fourth-order valence-electron chi connectivity index (χ4n) is 2.25. The minimum absolute atomic E-state index is 0.0464. The number of rotatable bonds is 5. The predicted octanol–water partition coefficient (Wildman–Crippen LogP) is 4.94. The first-order valence-corrected chi connectivity index (χ1v) is 7.99. The van der Waals surface area contributed by atoms with Crippen molar-refractivity contribution in [1.82, 2.24) is 10.2 Å². The molecule has 1 aromatic heterocycles. The molecule has 0 spiro atoms. The van der Waals surface area contributed by atoms with Gasteiger partial charge < -0.3 is 4.42 Å². The molecule has 126 valence electrons. The summed E-state index contributed by atoms with van der Waals surface area (Å²) in [5.74, 6) is 0.328. The van der Waals surface area contributed by atoms with Crippen LogP contribution in [0.2, 0.25) is 0 Å². The molecular formula is C18H14ClN3O3. The van der Waals surface area contributed by atoms with Crippen LogP contribution in [-0.4, -0.2) is 15.1 Å². The first kappa shape index (κ1) is 16.9. The van der Waals surface area contributed by atoms with Gasteiger partial charge in [-0.2, -0.15) is 0 Å². The summed E-state index contributed by atoms with van der Waals surface area (Å²) in [6.45, 7) is 2.09. The zero-order valence-corrected chi connectivity index (χ0v) is 14.1. The van der Waals surface area contributed by atoms with E-state index in [1.807, 2.05) is 24.3 Å². The van der Waals surface area contributed by atoms with E-state index in [4.69, 9.17) is 16.0 Å². The Morgan fingerprint density at radius 1 is 1.24 bits per heavy atom. The van der Waals surface area contributed by atoms with E-state index in [0.29, 0.717) is 10.6 Å². The molecule has 0 amide bonds. The average Bonchev–Trinajstić information content (AvgIpc) is 3.13. The average molecular weight is 356 g/mol. The van der Waals surface area contributed by atoms with Gasteiger partial charge in [-0.05, 0) is 29.7 Å². The van der Waals surface area contributed by atoms with Crippen LogP contribution in [0.15, 0.2) is 52.9 Å². The SMILES string of the molecule is CCc1ccc(/C=C(\Cl)c2nnc(-c3cccc([N+](=O)[O-])c3)o2)cc1. The van der Waals surface area contributed by atoms with Crippen molar-refractivity contribution in [3.63, 3.8) is 0 Å². The summed E-state index contributed by atoms with van der Waals surface area (Å²) in [7, 11) is 0. The van der Waals surface area contributed by atoms with E-state index in [9.17, 15) is 10.1 Å². The number of nitrogens with zero attached hydrogens (tertiary/aromatic N) is 3. The third kappa shape index (κ3) is 3.92. The molecule has 0 unspecified atom stereocenters. The van der Waals surface area contributed by atoms with Crippen molar-refractivity contribution in [2.24, 2.45) is 0 Å². The monoisotopic (exact) mass is 355 g/mol. The van der Waals surface area contributed by atoms with Crippen LogP contribution in [0.4, 0.5) is 5.69 Å². The number of hydrogen-bond acceptors (Lipinski definition) is 5. The lowest BCUT2D eigenvalue weighted by Gasteiger charge is -1.98. The van der Waals surface area contributed by atoms with Crippen LogP contribution in [0.1, 0.15) is 23.9 Å². The number of nitro groups is 1. The van der Waals surface area contributed by atoms with E-state index < -0.39 is 4.92 Å². The molecule has 3 aromatic rings. The number of hydrogen-bond donors (Lipinski definition) is 0. The second-order valence-corrected chi connectivity index (χ2v) is 5.71. The minimum Gasteiger partial charge on any atom is -0.415 e. The zero-order valence-electron chi connectivity index (χ0n) is 13.3. The first-order chi connectivity index (χ1) is 12.1. The van der Waals surface area contributed by atoms with Crippen LogP contribution in [0, 0.1) is 10.1 Å². The van der Waals surface area contributed by atoms with Gasteiger partial charge in [0.25, 0.3) is 11.6 Å². The highest BCUT2D eigenvalue weighted by Gasteiger charge is 2.14. The Balaban J connectivity index is 1.86. The van der Waals surface area contributed by atoms with Gasteiger partial charge in [0, 0.05) is 17.7 Å². The smallest absolute Gasteiger partial charge is 0.270 e. The number of aryl methyl sites for hydroxylation is 1. The summed E-state index contributed by atoms with van der Waals surface area (Å²) >= 11 is 6.25. The van der Waals surface area contributed by atoms with E-state index in [1.165, 1.54) is 17.7 Å². The van der Waals surface area contributed by atoms with Crippen molar-refractivity contribution >= 4 is 28.4 Å². The number of non-ortho nitro benzene ring substituents is 1. The summed E-state index contributed by atoms with van der Waals surface area (Å²) in [5.41, 5.74) is 2.57. The molecule has 7 heteroatoms. The van der Waals surface area contributed by atoms with E-state index >= 15 is 0 Å². The van der Waals surface area contributed by atoms with Crippen molar-refractivity contribution in [2.75, 3.05) is 0 Å². The standard InChI is InChI=1S/C18H14ClN3O3/c1-2-12-6-8-13(9-7-12)10-16(19)18-21-20-17(25-18)14-4-3-5-15(11-14)22(23)24/h3-11H,2H2,1H3/b16-10-. The van der Waals surface area contributed by atoms with E-state index in [-0.39, 0.29) is 17.5 Å². The maximum absolute atomic E-state index is 10.9. The van der Waals surface area contributed by atoms with Crippen molar-refractivity contribution in [3.8, 4) is 11.5 Å². The van der Waals surface area contributed by atoms with E-state index in [1.54, 1.807) is 18.2 Å². The molecule has 6 nitrogen and oxygen atoms in total. The van der Waals surface area contributed by atoms with Crippen molar-refractivity contribution in [2.45, 2.75) is 13.3 Å². The van der Waals surface area contributed by atoms with Gasteiger partial charge >= 0.3 is 0 Å². The molecule has 0 aliphatic heterocycles. The molecule has 0 aliphatic rings. The Hall–Kier alpha value is -2.99. The molecule has 3 rings (SSSR count). The molecule has 1 heterocycles. The maximum Gasteiger partial charge on any atom is 0.270 e. The molecule has 0 fully saturated rings. The van der Waals surface area contributed by atoms with Gasteiger partial charge in [-0.15, -0.1) is 10.2 Å². The van der Waals surface area contributed by atoms with Crippen LogP contribution < -0.4 is 0 Å². The van der Waals surface area contributed by atoms with Gasteiger partial charge in [0.2, 0.25) is 5.89 Å². The Labute approximate surface area is 148 Å². The minimum atomic E-state index is -0.479. The van der Waals surface area contributed by atoms with Gasteiger partial charge in [-0.25, -0.2) is 0 Å². The van der Waals surface area contributed by atoms with E-state index in [0.717, 1.165) is 12.0 Å². The summed E-state index contributed by atoms with van der Waals surface area (Å²) in [6.07, 6.45) is 2.69. The molecule has 0 radical (unpaired) electrons. The van der Waals surface area contributed by atoms with Crippen molar-refractivity contribution < 1.29 is 9.34 Å². The molecule has 2 aromatic carbocycles. The third-order valence-corrected chi connectivity index (χ3v) is 3.89. The van der Waals surface area contributed by atoms with Gasteiger partial charge in [0.15, 0.2) is 0 Å². The van der Waals surface area contributed by atoms with Crippen molar-refractivity contribution in [1.29, 1.82) is 0 Å². The Bertz CT molecular complexity index is 933. The Morgan fingerprint density at radius 3 is 2.68 bits per heavy atom. The molecule has 0 saturated heterocycles. The molecule has 0 atom stereocenters. The van der Waals surface area contributed by atoms with Crippen molar-refractivity contribution in [3.05, 3.63) is 75.7 Å². The zero-order chi connectivity index (χ0) is 17.8. The molecule has 0 aliphatic carbocycles. The summed E-state index contributed by atoms with van der Waals surface area (Å²) in [4.78, 5) is 10.4. The Morgan fingerprint density at radius 2 is 2.00 bits per heavy atom. The van der Waals surface area contributed by atoms with Gasteiger partial charge in [0.05, 0.1) is 4.92 Å². The highest BCUT2D eigenvalue weighted by Crippen LogP contribution is 2.27. The highest BCUT2D eigenvalue weighted by atomic mass is 35.5. The molecule has 0 N–H and O–H groups in total. The van der Waals surface area contributed by atoms with Crippen LogP contribution in [0.5, 0.6) is 0 Å². The van der Waals surface area contributed by atoms with Crippen LogP contribution in [-0.2, 0) is 6.42 Å². The Kier molecular flexibility index (Phi) is 4.90. The topological polar surface area (TPSA) is 82.1 Å². The summed E-state index contributed by atoms with van der Waals surface area (Å²) < 4.78 is 5.54. The quantitative estimate of drug-likeness (QED) is 0.478. The summed E-state index contributed by atoms with van der Waals surface area (Å²) in [6, 6.07) is 14.0. The fourth-order valence-corrected chi connectivity index (χ4v) is 2.45. The summed E-state index contributed by atoms with van der Waals surface area (Å²) in [5, 5.41) is 19.0.